The number of hydrogen-bond donors (Lipinski definition) is 1. The highest BCUT2D eigenvalue weighted by Crippen LogP contribution is 2.43. The molecule has 1 atom stereocenters. The number of ether oxygens (including phenoxy) is 3. The van der Waals surface area contributed by atoms with Crippen LogP contribution in [0.3, 0.4) is 0 Å². The molecule has 1 aliphatic rings. The number of carbonyl (C=O) groups excluding carboxylic acids is 1. The molecule has 3 rings (SSSR count). The summed E-state index contributed by atoms with van der Waals surface area (Å²) >= 11 is 1.26. The van der Waals surface area contributed by atoms with E-state index < -0.39 is 11.5 Å². The molecule has 0 fully saturated rings. The van der Waals surface area contributed by atoms with Crippen LogP contribution in [0, 0.1) is 12.3 Å². The molecule has 0 spiro atoms. The number of fused-ring (bicyclic) bond motifs is 1. The lowest BCUT2D eigenvalue weighted by Gasteiger charge is -2.28. The Morgan fingerprint density at radius 3 is 2.45 bits per heavy atom. The number of benzene rings is 1. The highest BCUT2D eigenvalue weighted by atomic mass is 32.2. The second-order valence-corrected chi connectivity index (χ2v) is 7.22. The van der Waals surface area contributed by atoms with Gasteiger partial charge in [0.15, 0.2) is 16.7 Å². The maximum atomic E-state index is 12.9. The summed E-state index contributed by atoms with van der Waals surface area (Å²) in [6.45, 7) is 0. The zero-order valence-corrected chi connectivity index (χ0v) is 17.4. The third kappa shape index (κ3) is 3.76. The van der Waals surface area contributed by atoms with E-state index in [1.165, 1.54) is 33.1 Å². The lowest BCUT2D eigenvalue weighted by Crippen LogP contribution is -2.33. The summed E-state index contributed by atoms with van der Waals surface area (Å²) < 4.78 is 17.9. The third-order valence-electron chi connectivity index (χ3n) is 4.67. The number of rotatable bonds is 6. The van der Waals surface area contributed by atoms with Gasteiger partial charge in [0.2, 0.25) is 11.7 Å². The second kappa shape index (κ2) is 8.49. The van der Waals surface area contributed by atoms with Crippen molar-refractivity contribution in [3.05, 3.63) is 33.6 Å². The summed E-state index contributed by atoms with van der Waals surface area (Å²) in [6, 6.07) is 3.49. The van der Waals surface area contributed by atoms with E-state index in [0.29, 0.717) is 45.1 Å². The van der Waals surface area contributed by atoms with Crippen molar-refractivity contribution in [1.82, 2.24) is 9.55 Å². The first-order chi connectivity index (χ1) is 13.9. The summed E-state index contributed by atoms with van der Waals surface area (Å²) in [5.74, 6) is 3.90. The van der Waals surface area contributed by atoms with E-state index in [1.54, 1.807) is 23.7 Å². The fraction of sp³-hybridized carbons (Fsp3) is 0.350. The van der Waals surface area contributed by atoms with Crippen molar-refractivity contribution in [3.63, 3.8) is 0 Å². The standard InChI is InChI=1S/C20H21N3O5S/c1-6-7-29-20-22-19(25)16-12(10-15(24)21-18(16)23(20)2)11-8-13(26-3)17(28-5)14(9-11)27-4/h1,8-9,12H,7,10H2,2-5H3,(H,21,24). The Bertz CT molecular complexity index is 1030. The fourth-order valence-electron chi connectivity index (χ4n) is 3.36. The molecule has 2 heterocycles. The number of anilines is 1. The fourth-order valence-corrected chi connectivity index (χ4v) is 4.00. The largest absolute Gasteiger partial charge is 0.493 e. The van der Waals surface area contributed by atoms with Gasteiger partial charge < -0.3 is 24.1 Å². The molecular formula is C20H21N3O5S. The van der Waals surface area contributed by atoms with E-state index in [0.717, 1.165) is 0 Å². The first-order valence-electron chi connectivity index (χ1n) is 8.72. The Morgan fingerprint density at radius 2 is 1.90 bits per heavy atom. The van der Waals surface area contributed by atoms with Gasteiger partial charge in [-0.1, -0.05) is 17.7 Å². The van der Waals surface area contributed by atoms with E-state index >= 15 is 0 Å². The molecule has 0 saturated carbocycles. The molecule has 0 saturated heterocycles. The van der Waals surface area contributed by atoms with E-state index in [1.807, 2.05) is 0 Å². The van der Waals surface area contributed by atoms with Gasteiger partial charge in [-0.05, 0) is 17.7 Å². The average molecular weight is 415 g/mol. The van der Waals surface area contributed by atoms with Crippen molar-refractivity contribution < 1.29 is 19.0 Å². The summed E-state index contributed by atoms with van der Waals surface area (Å²) in [5.41, 5.74) is 0.696. The zero-order chi connectivity index (χ0) is 21.1. The van der Waals surface area contributed by atoms with E-state index in [-0.39, 0.29) is 12.3 Å². The van der Waals surface area contributed by atoms with Crippen LogP contribution in [0.5, 0.6) is 17.2 Å². The molecule has 8 nitrogen and oxygen atoms in total. The minimum absolute atomic E-state index is 0.0966. The van der Waals surface area contributed by atoms with Crippen molar-refractivity contribution in [2.45, 2.75) is 17.5 Å². The molecular weight excluding hydrogens is 394 g/mol. The first kappa shape index (κ1) is 20.6. The second-order valence-electron chi connectivity index (χ2n) is 6.28. The van der Waals surface area contributed by atoms with Crippen molar-refractivity contribution in [3.8, 4) is 29.6 Å². The Kier molecular flexibility index (Phi) is 6.03. The van der Waals surface area contributed by atoms with Gasteiger partial charge in [0.25, 0.3) is 5.56 Å². The lowest BCUT2D eigenvalue weighted by molar-refractivity contribution is -0.116. The summed E-state index contributed by atoms with van der Waals surface area (Å²) in [4.78, 5) is 29.5. The van der Waals surface area contributed by atoms with E-state index in [2.05, 4.69) is 16.2 Å². The number of carbonyl (C=O) groups is 1. The molecule has 0 radical (unpaired) electrons. The smallest absolute Gasteiger partial charge is 0.279 e. The first-order valence-corrected chi connectivity index (χ1v) is 9.70. The van der Waals surface area contributed by atoms with Crippen LogP contribution in [0.2, 0.25) is 0 Å². The van der Waals surface area contributed by atoms with Crippen LogP contribution in [-0.2, 0) is 11.8 Å². The van der Waals surface area contributed by atoms with Crippen LogP contribution in [0.1, 0.15) is 23.5 Å². The number of hydrogen-bond acceptors (Lipinski definition) is 7. The summed E-state index contributed by atoms with van der Waals surface area (Å²) in [5, 5.41) is 3.24. The average Bonchev–Trinajstić information content (AvgIpc) is 2.73. The highest BCUT2D eigenvalue weighted by molar-refractivity contribution is 7.99. The topological polar surface area (TPSA) is 91.7 Å². The number of thioether (sulfide) groups is 1. The van der Waals surface area contributed by atoms with Gasteiger partial charge in [-0.3, -0.25) is 9.59 Å². The Labute approximate surface area is 172 Å². The maximum Gasteiger partial charge on any atom is 0.279 e. The molecule has 1 aliphatic heterocycles. The van der Waals surface area contributed by atoms with Gasteiger partial charge in [0.1, 0.15) is 5.82 Å². The number of aromatic nitrogens is 2. The van der Waals surface area contributed by atoms with Crippen LogP contribution in [0.4, 0.5) is 5.82 Å². The summed E-state index contributed by atoms with van der Waals surface area (Å²) in [6.07, 6.45) is 5.41. The van der Waals surface area contributed by atoms with Gasteiger partial charge in [-0.25, -0.2) is 0 Å². The zero-order valence-electron chi connectivity index (χ0n) is 16.6. The molecule has 1 aromatic heterocycles. The molecule has 0 aliphatic carbocycles. The predicted molar refractivity (Wildman–Crippen MR) is 110 cm³/mol. The monoisotopic (exact) mass is 415 g/mol. The van der Waals surface area contributed by atoms with Crippen molar-refractivity contribution in [1.29, 1.82) is 0 Å². The molecule has 1 aromatic carbocycles. The Hall–Kier alpha value is -3.12. The number of nitrogens with zero attached hydrogens (tertiary/aromatic N) is 2. The Morgan fingerprint density at radius 1 is 1.24 bits per heavy atom. The van der Waals surface area contributed by atoms with Gasteiger partial charge >= 0.3 is 0 Å². The molecule has 0 bridgehead atoms. The van der Waals surface area contributed by atoms with Gasteiger partial charge in [-0.15, -0.1) is 6.42 Å². The van der Waals surface area contributed by atoms with Gasteiger partial charge in [-0.2, -0.15) is 4.98 Å². The van der Waals surface area contributed by atoms with Crippen LogP contribution < -0.4 is 25.1 Å². The highest BCUT2D eigenvalue weighted by Gasteiger charge is 2.33. The molecule has 1 unspecified atom stereocenters. The van der Waals surface area contributed by atoms with Crippen LogP contribution in [0.15, 0.2) is 22.1 Å². The van der Waals surface area contributed by atoms with Crippen molar-refractivity contribution in [2.24, 2.45) is 7.05 Å². The van der Waals surface area contributed by atoms with Gasteiger partial charge in [0, 0.05) is 19.4 Å². The molecule has 9 heteroatoms. The number of amides is 1. The molecule has 1 amide bonds. The number of terminal acetylenes is 1. The molecule has 152 valence electrons. The van der Waals surface area contributed by atoms with E-state index in [4.69, 9.17) is 20.6 Å². The third-order valence-corrected chi connectivity index (χ3v) is 5.61. The minimum Gasteiger partial charge on any atom is -0.493 e. The quantitative estimate of drug-likeness (QED) is 0.438. The van der Waals surface area contributed by atoms with Crippen molar-refractivity contribution >= 4 is 23.5 Å². The maximum absolute atomic E-state index is 12.9. The Balaban J connectivity index is 2.20. The lowest BCUT2D eigenvalue weighted by atomic mass is 9.86. The normalized spacial score (nSPS) is 15.1. The number of methoxy groups -OCH3 is 3. The summed E-state index contributed by atoms with van der Waals surface area (Å²) in [7, 11) is 6.27. The predicted octanol–water partition coefficient (Wildman–Crippen LogP) is 2.01. The molecule has 1 N–H and O–H groups in total. The van der Waals surface area contributed by atoms with Gasteiger partial charge in [0.05, 0.1) is 32.6 Å². The van der Waals surface area contributed by atoms with Crippen molar-refractivity contribution in [2.75, 3.05) is 32.4 Å². The molecule has 29 heavy (non-hydrogen) atoms. The van der Waals surface area contributed by atoms with Crippen LogP contribution in [-0.4, -0.2) is 42.5 Å². The van der Waals surface area contributed by atoms with E-state index in [9.17, 15) is 9.59 Å². The SMILES string of the molecule is C#CCSc1nc(=O)c2c(n1C)NC(=O)CC2c1cc(OC)c(OC)c(OC)c1. The number of nitrogens with one attached hydrogen (secondary N) is 1. The van der Waals surface area contributed by atoms with Crippen LogP contribution >= 0.6 is 11.8 Å². The van der Waals surface area contributed by atoms with Crippen LogP contribution in [0.25, 0.3) is 0 Å². The minimum atomic E-state index is -0.509. The molecule has 2 aromatic rings.